The number of hydrogen-bond donors (Lipinski definition) is 1. The summed E-state index contributed by atoms with van der Waals surface area (Å²) in [5, 5.41) is 2.15. The van der Waals surface area contributed by atoms with Gasteiger partial charge in [0, 0.05) is 13.1 Å². The second-order valence-electron chi connectivity index (χ2n) is 6.54. The summed E-state index contributed by atoms with van der Waals surface area (Å²) in [6, 6.07) is 4.35. The van der Waals surface area contributed by atoms with Gasteiger partial charge in [-0.15, -0.1) is 11.3 Å². The number of quaternary nitrogens is 1. The molecule has 1 aromatic heterocycles. The third kappa shape index (κ3) is 4.07. The van der Waals surface area contributed by atoms with Crippen molar-refractivity contribution in [3.8, 4) is 0 Å². The van der Waals surface area contributed by atoms with Crippen LogP contribution < -0.4 is 4.90 Å². The lowest BCUT2D eigenvalue weighted by molar-refractivity contribution is -0.920. The van der Waals surface area contributed by atoms with Crippen molar-refractivity contribution in [2.24, 2.45) is 5.92 Å². The average Bonchev–Trinajstić information content (AvgIpc) is 2.87. The number of nitrogens with one attached hydrogen (secondary N) is 1. The van der Waals surface area contributed by atoms with Gasteiger partial charge in [0.25, 0.3) is 0 Å². The number of thiophene rings is 1. The highest BCUT2D eigenvalue weighted by Gasteiger charge is 2.31. The number of carbonyl (C=O) groups is 1. The van der Waals surface area contributed by atoms with Gasteiger partial charge >= 0.3 is 0 Å². The Morgan fingerprint density at radius 2 is 2.05 bits per heavy atom. The maximum Gasteiger partial charge on any atom is 0.231 e. The molecular formula is C17H27N2OS+. The van der Waals surface area contributed by atoms with Gasteiger partial charge in [-0.2, -0.15) is 0 Å². The molecule has 1 unspecified atom stereocenters. The lowest BCUT2D eigenvalue weighted by atomic mass is 9.96. The van der Waals surface area contributed by atoms with Gasteiger partial charge in [0.15, 0.2) is 0 Å². The van der Waals surface area contributed by atoms with E-state index in [-0.39, 0.29) is 5.92 Å². The van der Waals surface area contributed by atoms with Gasteiger partial charge in [0.1, 0.15) is 6.54 Å². The van der Waals surface area contributed by atoms with E-state index in [2.05, 4.69) is 22.4 Å². The van der Waals surface area contributed by atoms with Crippen LogP contribution in [0.15, 0.2) is 17.5 Å². The van der Waals surface area contributed by atoms with E-state index in [0.717, 1.165) is 32.6 Å². The minimum atomic E-state index is 0.270. The van der Waals surface area contributed by atoms with Crippen LogP contribution in [-0.4, -0.2) is 37.0 Å². The van der Waals surface area contributed by atoms with Crippen LogP contribution in [0.2, 0.25) is 0 Å². The monoisotopic (exact) mass is 307 g/mol. The molecule has 2 aliphatic heterocycles. The molecule has 2 fully saturated rings. The molecule has 4 heteroatoms. The lowest BCUT2D eigenvalue weighted by Crippen LogP contribution is -3.12. The molecule has 3 rings (SSSR count). The Bertz CT molecular complexity index is 438. The molecule has 0 aliphatic carbocycles. The molecule has 0 aromatic carbocycles. The van der Waals surface area contributed by atoms with Crippen LogP contribution in [0.25, 0.3) is 0 Å². The first-order chi connectivity index (χ1) is 10.3. The molecule has 2 aliphatic rings. The summed E-state index contributed by atoms with van der Waals surface area (Å²) in [4.78, 5) is 18.0. The summed E-state index contributed by atoms with van der Waals surface area (Å²) in [7, 11) is 0. The first kappa shape index (κ1) is 15.0. The molecular weight excluding hydrogens is 280 g/mol. The van der Waals surface area contributed by atoms with E-state index >= 15 is 0 Å². The molecule has 0 radical (unpaired) electrons. The van der Waals surface area contributed by atoms with Crippen molar-refractivity contribution < 1.29 is 9.69 Å². The number of rotatable bonds is 3. The van der Waals surface area contributed by atoms with E-state index < -0.39 is 0 Å². The Morgan fingerprint density at radius 1 is 1.24 bits per heavy atom. The highest BCUT2D eigenvalue weighted by Crippen LogP contribution is 2.17. The van der Waals surface area contributed by atoms with Crippen LogP contribution in [0.3, 0.4) is 0 Å². The van der Waals surface area contributed by atoms with Gasteiger partial charge in [0.2, 0.25) is 5.91 Å². The minimum absolute atomic E-state index is 0.270. The Labute approximate surface area is 131 Å². The van der Waals surface area contributed by atoms with Crippen molar-refractivity contribution in [1.29, 1.82) is 0 Å². The molecule has 3 nitrogen and oxygen atoms in total. The number of carbonyl (C=O) groups excluding carboxylic acids is 1. The zero-order valence-electron chi connectivity index (χ0n) is 12.9. The van der Waals surface area contributed by atoms with E-state index in [9.17, 15) is 4.79 Å². The van der Waals surface area contributed by atoms with Gasteiger partial charge in [-0.05, 0) is 37.1 Å². The van der Waals surface area contributed by atoms with Crippen molar-refractivity contribution >= 4 is 17.2 Å². The topological polar surface area (TPSA) is 24.8 Å². The zero-order chi connectivity index (χ0) is 14.5. The number of hydrogen-bond acceptors (Lipinski definition) is 2. The van der Waals surface area contributed by atoms with E-state index in [1.54, 1.807) is 4.90 Å². The number of nitrogens with zero attached hydrogens (tertiary/aromatic N) is 1. The van der Waals surface area contributed by atoms with Crippen LogP contribution in [0, 0.1) is 5.92 Å². The predicted octanol–water partition coefficient (Wildman–Crippen LogP) is 1.95. The van der Waals surface area contributed by atoms with Crippen LogP contribution in [0.4, 0.5) is 0 Å². The molecule has 21 heavy (non-hydrogen) atoms. The maximum absolute atomic E-state index is 12.8. The lowest BCUT2D eigenvalue weighted by Gasteiger charge is -2.32. The first-order valence-corrected chi connectivity index (χ1v) is 9.35. The van der Waals surface area contributed by atoms with Gasteiger partial charge in [0.05, 0.1) is 23.9 Å². The van der Waals surface area contributed by atoms with Crippen molar-refractivity contribution in [3.63, 3.8) is 0 Å². The van der Waals surface area contributed by atoms with Gasteiger partial charge in [-0.3, -0.25) is 4.79 Å². The summed E-state index contributed by atoms with van der Waals surface area (Å²) in [6.45, 7) is 5.35. The minimum Gasteiger partial charge on any atom is -0.342 e. The smallest absolute Gasteiger partial charge is 0.231 e. The van der Waals surface area contributed by atoms with Crippen LogP contribution >= 0.6 is 11.3 Å². The number of amides is 1. The second-order valence-corrected chi connectivity index (χ2v) is 7.57. The van der Waals surface area contributed by atoms with Gasteiger partial charge < -0.3 is 9.80 Å². The normalized spacial score (nSPS) is 27.3. The van der Waals surface area contributed by atoms with Gasteiger partial charge in [-0.25, -0.2) is 0 Å². The highest BCUT2D eigenvalue weighted by atomic mass is 32.1. The standard InChI is InChI=1S/C17H26N2OS/c20-17(19-10-3-1-2-4-11-19)15-7-5-9-18(13-15)14-16-8-6-12-21-16/h6,8,12,15H,1-5,7,9-11,13-14H2/p+1/t15-/m0/s1. The maximum atomic E-state index is 12.8. The predicted molar refractivity (Wildman–Crippen MR) is 86.5 cm³/mol. The quantitative estimate of drug-likeness (QED) is 0.907. The molecule has 3 heterocycles. The molecule has 2 saturated heterocycles. The summed E-state index contributed by atoms with van der Waals surface area (Å²) in [5.41, 5.74) is 0. The fourth-order valence-electron chi connectivity index (χ4n) is 3.73. The van der Waals surface area contributed by atoms with Crippen LogP contribution in [0.1, 0.15) is 43.4 Å². The molecule has 0 saturated carbocycles. The average molecular weight is 307 g/mol. The van der Waals surface area contributed by atoms with Crippen LogP contribution in [-0.2, 0) is 11.3 Å². The molecule has 1 aromatic rings. The van der Waals surface area contributed by atoms with Crippen molar-refractivity contribution in [2.45, 2.75) is 45.1 Å². The molecule has 2 atom stereocenters. The number of piperidine rings is 1. The summed E-state index contributed by atoms with van der Waals surface area (Å²) >= 11 is 1.84. The largest absolute Gasteiger partial charge is 0.342 e. The Hall–Kier alpha value is -0.870. The van der Waals surface area contributed by atoms with Crippen molar-refractivity contribution in [1.82, 2.24) is 4.90 Å². The summed E-state index contributed by atoms with van der Waals surface area (Å²) in [6.07, 6.45) is 7.29. The summed E-state index contributed by atoms with van der Waals surface area (Å²) < 4.78 is 0. The molecule has 1 N–H and O–H groups in total. The van der Waals surface area contributed by atoms with E-state index in [4.69, 9.17) is 0 Å². The van der Waals surface area contributed by atoms with Crippen molar-refractivity contribution in [2.75, 3.05) is 26.2 Å². The third-order valence-corrected chi connectivity index (χ3v) is 5.77. The molecule has 116 valence electrons. The Balaban J connectivity index is 1.55. The van der Waals surface area contributed by atoms with Crippen molar-refractivity contribution in [3.05, 3.63) is 22.4 Å². The molecule has 0 spiro atoms. The van der Waals surface area contributed by atoms with E-state index in [1.807, 2.05) is 11.3 Å². The van der Waals surface area contributed by atoms with E-state index in [0.29, 0.717) is 5.91 Å². The molecule has 0 bridgehead atoms. The summed E-state index contributed by atoms with van der Waals surface area (Å²) in [5.74, 6) is 0.715. The fourth-order valence-corrected chi connectivity index (χ4v) is 4.51. The highest BCUT2D eigenvalue weighted by molar-refractivity contribution is 7.09. The SMILES string of the molecule is O=C([C@H]1CCC[NH+](Cc2cccs2)C1)N1CCCCCC1. The van der Waals surface area contributed by atoms with Gasteiger partial charge in [-0.1, -0.05) is 18.9 Å². The third-order valence-electron chi connectivity index (χ3n) is 4.89. The number of likely N-dealkylation sites (tertiary alicyclic amines) is 2. The second kappa shape index (κ2) is 7.41. The Morgan fingerprint density at radius 3 is 2.76 bits per heavy atom. The van der Waals surface area contributed by atoms with E-state index in [1.165, 1.54) is 43.5 Å². The Kier molecular flexibility index (Phi) is 5.31. The van der Waals surface area contributed by atoms with Crippen LogP contribution in [0.5, 0.6) is 0 Å². The zero-order valence-corrected chi connectivity index (χ0v) is 13.7. The fraction of sp³-hybridized carbons (Fsp3) is 0.706. The first-order valence-electron chi connectivity index (χ1n) is 8.47. The molecule has 1 amide bonds.